The van der Waals surface area contributed by atoms with Crippen molar-refractivity contribution < 1.29 is 28.3 Å². The molecule has 0 unspecified atom stereocenters. The zero-order valence-corrected chi connectivity index (χ0v) is 15.0. The SMILES string of the molecule is COc1ccccc1-c1noc(COC(=O)/C=C/c2ccc3c(c2)OCO3)n1. The number of benzene rings is 2. The molecule has 8 nitrogen and oxygen atoms in total. The molecule has 0 spiro atoms. The van der Waals surface area contributed by atoms with Crippen LogP contribution in [-0.2, 0) is 16.1 Å². The number of methoxy groups -OCH3 is 1. The van der Waals surface area contributed by atoms with Crippen LogP contribution in [0.1, 0.15) is 11.5 Å². The molecule has 2 heterocycles. The number of hydrogen-bond donors (Lipinski definition) is 0. The molecule has 1 aromatic heterocycles. The highest BCUT2D eigenvalue weighted by Crippen LogP contribution is 2.32. The van der Waals surface area contributed by atoms with Crippen LogP contribution in [-0.4, -0.2) is 30.0 Å². The number of carbonyl (C=O) groups excluding carboxylic acids is 1. The van der Waals surface area contributed by atoms with Gasteiger partial charge in [-0.05, 0) is 35.9 Å². The van der Waals surface area contributed by atoms with Crippen LogP contribution in [0.25, 0.3) is 17.5 Å². The van der Waals surface area contributed by atoms with E-state index < -0.39 is 5.97 Å². The van der Waals surface area contributed by atoms with E-state index in [1.165, 1.54) is 6.08 Å². The molecule has 8 heteroatoms. The maximum atomic E-state index is 11.9. The zero-order chi connectivity index (χ0) is 19.3. The number of aromatic nitrogens is 2. The van der Waals surface area contributed by atoms with E-state index in [1.807, 2.05) is 24.3 Å². The molecule has 142 valence electrons. The Morgan fingerprint density at radius 3 is 2.93 bits per heavy atom. The summed E-state index contributed by atoms with van der Waals surface area (Å²) in [5, 5.41) is 3.90. The number of rotatable bonds is 6. The molecular weight excluding hydrogens is 364 g/mol. The summed E-state index contributed by atoms with van der Waals surface area (Å²) in [6.07, 6.45) is 2.94. The summed E-state index contributed by atoms with van der Waals surface area (Å²) >= 11 is 0. The predicted molar refractivity (Wildman–Crippen MR) is 97.7 cm³/mol. The Bertz CT molecular complexity index is 1030. The lowest BCUT2D eigenvalue weighted by Crippen LogP contribution is -2.01. The highest BCUT2D eigenvalue weighted by atomic mass is 16.7. The van der Waals surface area contributed by atoms with E-state index in [9.17, 15) is 4.79 Å². The van der Waals surface area contributed by atoms with Gasteiger partial charge in [0.05, 0.1) is 12.7 Å². The summed E-state index contributed by atoms with van der Waals surface area (Å²) in [6, 6.07) is 12.7. The van der Waals surface area contributed by atoms with Crippen molar-refractivity contribution in [2.24, 2.45) is 0 Å². The maximum Gasteiger partial charge on any atom is 0.331 e. The highest BCUT2D eigenvalue weighted by molar-refractivity contribution is 5.87. The van der Waals surface area contributed by atoms with E-state index in [0.29, 0.717) is 28.6 Å². The largest absolute Gasteiger partial charge is 0.496 e. The summed E-state index contributed by atoms with van der Waals surface area (Å²) in [7, 11) is 1.56. The molecule has 0 aliphatic carbocycles. The van der Waals surface area contributed by atoms with Gasteiger partial charge in [0, 0.05) is 6.08 Å². The summed E-state index contributed by atoms with van der Waals surface area (Å²) in [5.74, 6) is 1.96. The van der Waals surface area contributed by atoms with Crippen LogP contribution in [0.5, 0.6) is 17.2 Å². The fraction of sp³-hybridized carbons (Fsp3) is 0.150. The molecule has 1 aliphatic heterocycles. The van der Waals surface area contributed by atoms with E-state index in [4.69, 9.17) is 23.5 Å². The molecule has 4 rings (SSSR count). The molecule has 28 heavy (non-hydrogen) atoms. The topological polar surface area (TPSA) is 92.9 Å². The molecule has 0 radical (unpaired) electrons. The first kappa shape index (κ1) is 17.6. The van der Waals surface area contributed by atoms with Gasteiger partial charge in [-0.15, -0.1) is 0 Å². The summed E-state index contributed by atoms with van der Waals surface area (Å²) in [6.45, 7) is 0.0675. The van der Waals surface area contributed by atoms with E-state index in [2.05, 4.69) is 10.1 Å². The Morgan fingerprint density at radius 2 is 2.04 bits per heavy atom. The third-order valence-electron chi connectivity index (χ3n) is 3.96. The molecule has 0 fully saturated rings. The molecular formula is C20H16N2O6. The summed E-state index contributed by atoms with van der Waals surface area (Å²) < 4.78 is 26.1. The Labute approximate surface area is 160 Å². The van der Waals surface area contributed by atoms with Gasteiger partial charge in [-0.3, -0.25) is 0 Å². The van der Waals surface area contributed by atoms with Crippen LogP contribution in [0.4, 0.5) is 0 Å². The van der Waals surface area contributed by atoms with Gasteiger partial charge in [0.25, 0.3) is 5.89 Å². The number of carbonyl (C=O) groups is 1. The third kappa shape index (κ3) is 3.80. The van der Waals surface area contributed by atoms with Crippen molar-refractivity contribution >= 4 is 12.0 Å². The van der Waals surface area contributed by atoms with E-state index in [-0.39, 0.29) is 19.3 Å². The van der Waals surface area contributed by atoms with Crippen molar-refractivity contribution in [1.82, 2.24) is 10.1 Å². The van der Waals surface area contributed by atoms with Gasteiger partial charge in [-0.2, -0.15) is 4.98 Å². The first-order valence-corrected chi connectivity index (χ1v) is 8.43. The highest BCUT2D eigenvalue weighted by Gasteiger charge is 2.14. The second kappa shape index (κ2) is 7.83. The van der Waals surface area contributed by atoms with Crippen LogP contribution < -0.4 is 14.2 Å². The molecule has 0 saturated carbocycles. The van der Waals surface area contributed by atoms with Gasteiger partial charge in [-0.1, -0.05) is 23.4 Å². The monoisotopic (exact) mass is 380 g/mol. The molecule has 2 aromatic carbocycles. The Balaban J connectivity index is 1.36. The van der Waals surface area contributed by atoms with Crippen LogP contribution in [0.15, 0.2) is 53.1 Å². The normalized spacial score (nSPS) is 12.3. The van der Waals surface area contributed by atoms with Crippen LogP contribution in [0.2, 0.25) is 0 Å². The van der Waals surface area contributed by atoms with Crippen LogP contribution >= 0.6 is 0 Å². The fourth-order valence-corrected chi connectivity index (χ4v) is 2.61. The van der Waals surface area contributed by atoms with Crippen molar-refractivity contribution in [2.45, 2.75) is 6.61 Å². The minimum atomic E-state index is -0.533. The first-order valence-electron chi connectivity index (χ1n) is 8.43. The van der Waals surface area contributed by atoms with Crippen molar-refractivity contribution in [3.05, 3.63) is 60.0 Å². The Hall–Kier alpha value is -3.81. The lowest BCUT2D eigenvalue weighted by Gasteiger charge is -2.03. The number of para-hydroxylation sites is 1. The molecule has 1 aliphatic rings. The van der Waals surface area contributed by atoms with Gasteiger partial charge < -0.3 is 23.5 Å². The molecule has 0 amide bonds. The molecule has 0 atom stereocenters. The smallest absolute Gasteiger partial charge is 0.331 e. The second-order valence-electron chi connectivity index (χ2n) is 5.77. The third-order valence-corrected chi connectivity index (χ3v) is 3.96. The predicted octanol–water partition coefficient (Wildman–Crippen LogP) is 3.23. The standard InChI is InChI=1S/C20H16N2O6/c1-24-15-5-3-2-4-14(15)20-21-18(28-22-20)11-25-19(23)9-7-13-6-8-16-17(10-13)27-12-26-16/h2-10H,11-12H2,1H3/b9-7+. The average molecular weight is 380 g/mol. The molecule has 0 saturated heterocycles. The van der Waals surface area contributed by atoms with E-state index >= 15 is 0 Å². The second-order valence-corrected chi connectivity index (χ2v) is 5.77. The van der Waals surface area contributed by atoms with Crippen molar-refractivity contribution in [3.63, 3.8) is 0 Å². The van der Waals surface area contributed by atoms with Gasteiger partial charge >= 0.3 is 5.97 Å². The van der Waals surface area contributed by atoms with Gasteiger partial charge in [0.15, 0.2) is 18.1 Å². The lowest BCUT2D eigenvalue weighted by molar-refractivity contribution is -0.139. The lowest BCUT2D eigenvalue weighted by atomic mass is 10.2. The first-order chi connectivity index (χ1) is 13.7. The summed E-state index contributed by atoms with van der Waals surface area (Å²) in [4.78, 5) is 16.2. The van der Waals surface area contributed by atoms with E-state index in [0.717, 1.165) is 5.56 Å². The van der Waals surface area contributed by atoms with Crippen molar-refractivity contribution in [3.8, 4) is 28.6 Å². The average Bonchev–Trinajstić information content (AvgIpc) is 3.39. The van der Waals surface area contributed by atoms with Crippen LogP contribution in [0.3, 0.4) is 0 Å². The fourth-order valence-electron chi connectivity index (χ4n) is 2.61. The maximum absolute atomic E-state index is 11.9. The zero-order valence-electron chi connectivity index (χ0n) is 15.0. The number of hydrogen-bond acceptors (Lipinski definition) is 8. The molecule has 3 aromatic rings. The van der Waals surface area contributed by atoms with E-state index in [1.54, 1.807) is 31.4 Å². The summed E-state index contributed by atoms with van der Waals surface area (Å²) in [5.41, 5.74) is 1.48. The van der Waals surface area contributed by atoms with Gasteiger partial charge in [0.2, 0.25) is 12.6 Å². The number of nitrogens with zero attached hydrogens (tertiary/aromatic N) is 2. The quantitative estimate of drug-likeness (QED) is 0.475. The van der Waals surface area contributed by atoms with Crippen LogP contribution in [0, 0.1) is 0 Å². The van der Waals surface area contributed by atoms with Crippen molar-refractivity contribution in [2.75, 3.05) is 13.9 Å². The molecule has 0 N–H and O–H groups in total. The van der Waals surface area contributed by atoms with Gasteiger partial charge in [-0.25, -0.2) is 4.79 Å². The number of esters is 1. The Kier molecular flexibility index (Phi) is 4.92. The number of ether oxygens (including phenoxy) is 4. The minimum absolute atomic E-state index is 0.132. The Morgan fingerprint density at radius 1 is 1.18 bits per heavy atom. The molecule has 0 bridgehead atoms. The van der Waals surface area contributed by atoms with Crippen molar-refractivity contribution in [1.29, 1.82) is 0 Å². The number of fused-ring (bicyclic) bond motifs is 1. The van der Waals surface area contributed by atoms with Gasteiger partial charge in [0.1, 0.15) is 5.75 Å². The minimum Gasteiger partial charge on any atom is -0.496 e.